The highest BCUT2D eigenvalue weighted by atomic mass is 19.1. The number of amides is 1. The predicted molar refractivity (Wildman–Crippen MR) is 89.7 cm³/mol. The molecule has 0 fully saturated rings. The number of halogens is 1. The number of benzene rings is 1. The number of carbonyl (C=O) groups excluding carboxylic acids is 1. The van der Waals surface area contributed by atoms with Crippen LogP contribution >= 0.6 is 0 Å². The van der Waals surface area contributed by atoms with E-state index in [2.05, 4.69) is 15.4 Å². The van der Waals surface area contributed by atoms with Crippen molar-refractivity contribution in [1.29, 1.82) is 0 Å². The van der Waals surface area contributed by atoms with Gasteiger partial charge >= 0.3 is 0 Å². The summed E-state index contributed by atoms with van der Waals surface area (Å²) in [5.74, 6) is -0.806. The molecule has 7 heteroatoms. The quantitative estimate of drug-likeness (QED) is 0.745. The van der Waals surface area contributed by atoms with E-state index in [1.54, 1.807) is 42.2 Å². The van der Waals surface area contributed by atoms with E-state index in [9.17, 15) is 14.3 Å². The average Bonchev–Trinajstić information content (AvgIpc) is 3.15. The van der Waals surface area contributed by atoms with Gasteiger partial charge < -0.3 is 10.4 Å². The first-order valence-electron chi connectivity index (χ1n) is 7.68. The minimum atomic E-state index is -1.33. The molecule has 0 saturated carbocycles. The maximum atomic E-state index is 13.0. The zero-order valence-electron chi connectivity index (χ0n) is 13.6. The largest absolute Gasteiger partial charge is 0.384 e. The van der Waals surface area contributed by atoms with E-state index in [4.69, 9.17) is 0 Å². The summed E-state index contributed by atoms with van der Waals surface area (Å²) in [5.41, 5.74) is 0.0916. The van der Waals surface area contributed by atoms with Gasteiger partial charge in [0.25, 0.3) is 5.91 Å². The van der Waals surface area contributed by atoms with Crippen molar-refractivity contribution in [3.05, 3.63) is 78.1 Å². The Labute approximate surface area is 144 Å². The lowest BCUT2D eigenvalue weighted by Gasteiger charge is -2.24. The molecule has 2 heterocycles. The number of pyridine rings is 1. The molecule has 1 aromatic carbocycles. The van der Waals surface area contributed by atoms with Gasteiger partial charge in [0.1, 0.15) is 17.1 Å². The summed E-state index contributed by atoms with van der Waals surface area (Å²) >= 11 is 0. The first kappa shape index (κ1) is 16.8. The van der Waals surface area contributed by atoms with Crippen LogP contribution in [-0.4, -0.2) is 32.3 Å². The van der Waals surface area contributed by atoms with E-state index in [-0.39, 0.29) is 18.1 Å². The van der Waals surface area contributed by atoms with Gasteiger partial charge in [0.15, 0.2) is 0 Å². The number of nitrogens with zero attached hydrogens (tertiary/aromatic N) is 3. The lowest BCUT2D eigenvalue weighted by Crippen LogP contribution is -2.38. The van der Waals surface area contributed by atoms with Crippen molar-refractivity contribution in [2.45, 2.75) is 12.5 Å². The second-order valence-corrected chi connectivity index (χ2v) is 5.81. The maximum absolute atomic E-state index is 13.0. The van der Waals surface area contributed by atoms with Crippen molar-refractivity contribution in [2.24, 2.45) is 0 Å². The highest BCUT2D eigenvalue weighted by Gasteiger charge is 2.24. The summed E-state index contributed by atoms with van der Waals surface area (Å²) in [6, 6.07) is 10.6. The lowest BCUT2D eigenvalue weighted by molar-refractivity contribution is 0.0524. The first-order chi connectivity index (χ1) is 12.0. The number of hydrogen-bond donors (Lipinski definition) is 2. The Morgan fingerprint density at radius 2 is 2.04 bits per heavy atom. The highest BCUT2D eigenvalue weighted by Crippen LogP contribution is 2.20. The molecule has 0 radical (unpaired) electrons. The fourth-order valence-corrected chi connectivity index (χ4v) is 2.36. The summed E-state index contributed by atoms with van der Waals surface area (Å²) in [5, 5.41) is 17.3. The van der Waals surface area contributed by atoms with Crippen LogP contribution in [0, 0.1) is 5.82 Å². The molecule has 2 aromatic heterocycles. The van der Waals surface area contributed by atoms with Gasteiger partial charge in [-0.1, -0.05) is 12.1 Å². The van der Waals surface area contributed by atoms with Crippen LogP contribution in [0.2, 0.25) is 0 Å². The van der Waals surface area contributed by atoms with Crippen LogP contribution in [0.4, 0.5) is 4.39 Å². The summed E-state index contributed by atoms with van der Waals surface area (Å²) < 4.78 is 14.6. The number of hydrogen-bond acceptors (Lipinski definition) is 4. The fraction of sp³-hybridized carbons (Fsp3) is 0.167. The molecule has 0 aliphatic heterocycles. The van der Waals surface area contributed by atoms with E-state index < -0.39 is 11.5 Å². The number of carbonyl (C=O) groups is 1. The number of nitrogens with one attached hydrogen (secondary N) is 1. The number of aromatic nitrogens is 3. The molecule has 3 aromatic rings. The van der Waals surface area contributed by atoms with Crippen molar-refractivity contribution < 1.29 is 14.3 Å². The van der Waals surface area contributed by atoms with Gasteiger partial charge in [0.05, 0.1) is 12.2 Å². The fourth-order valence-electron chi connectivity index (χ4n) is 2.36. The Balaban J connectivity index is 1.70. The zero-order valence-corrected chi connectivity index (χ0v) is 13.6. The molecule has 0 saturated heterocycles. The zero-order chi connectivity index (χ0) is 17.9. The molecule has 3 rings (SSSR count). The Kier molecular flexibility index (Phi) is 4.58. The molecular weight excluding hydrogens is 323 g/mol. The topological polar surface area (TPSA) is 80.0 Å². The van der Waals surface area contributed by atoms with E-state index in [0.717, 1.165) is 0 Å². The maximum Gasteiger partial charge on any atom is 0.270 e. The third-order valence-corrected chi connectivity index (χ3v) is 3.80. The Morgan fingerprint density at radius 3 is 2.72 bits per heavy atom. The third-order valence-electron chi connectivity index (χ3n) is 3.80. The molecule has 1 unspecified atom stereocenters. The smallest absolute Gasteiger partial charge is 0.270 e. The molecule has 0 aliphatic carbocycles. The number of rotatable bonds is 5. The number of aliphatic hydroxyl groups is 1. The van der Waals surface area contributed by atoms with Gasteiger partial charge in [-0.3, -0.25) is 9.78 Å². The second-order valence-electron chi connectivity index (χ2n) is 5.81. The molecule has 128 valence electrons. The molecular formula is C18H17FN4O2. The second kappa shape index (κ2) is 6.82. The van der Waals surface area contributed by atoms with Gasteiger partial charge in [0, 0.05) is 18.6 Å². The van der Waals surface area contributed by atoms with Gasteiger partial charge in [-0.25, -0.2) is 9.07 Å². The van der Waals surface area contributed by atoms with Gasteiger partial charge in [-0.05, 0) is 42.8 Å². The van der Waals surface area contributed by atoms with Crippen LogP contribution in [0.1, 0.15) is 23.0 Å². The standard InChI is InChI=1S/C18H17FN4O2/c1-18(25,13-3-5-14(19)6-4-13)12-21-17(24)16-11-15(7-9-20-16)23-10-2-8-22-23/h2-11,25H,12H2,1H3,(H,21,24). The molecule has 0 spiro atoms. The van der Waals surface area contributed by atoms with Crippen molar-refractivity contribution in [3.8, 4) is 5.69 Å². The van der Waals surface area contributed by atoms with Crippen LogP contribution < -0.4 is 5.32 Å². The summed E-state index contributed by atoms with van der Waals surface area (Å²) in [6.07, 6.45) is 4.92. The van der Waals surface area contributed by atoms with Crippen LogP contribution in [-0.2, 0) is 5.60 Å². The van der Waals surface area contributed by atoms with E-state index in [1.165, 1.54) is 30.5 Å². The average molecular weight is 340 g/mol. The van der Waals surface area contributed by atoms with Crippen LogP contribution in [0.3, 0.4) is 0 Å². The molecule has 1 amide bonds. The lowest BCUT2D eigenvalue weighted by atomic mass is 9.96. The van der Waals surface area contributed by atoms with Gasteiger partial charge in [-0.15, -0.1) is 0 Å². The van der Waals surface area contributed by atoms with Crippen LogP contribution in [0.25, 0.3) is 5.69 Å². The van der Waals surface area contributed by atoms with E-state index in [1.807, 2.05) is 0 Å². The Hall–Kier alpha value is -3.06. The summed E-state index contributed by atoms with van der Waals surface area (Å²) in [7, 11) is 0. The molecule has 0 aliphatic rings. The van der Waals surface area contributed by atoms with Crippen molar-refractivity contribution in [2.75, 3.05) is 6.54 Å². The molecule has 0 bridgehead atoms. The summed E-state index contributed by atoms with van der Waals surface area (Å²) in [6.45, 7) is 1.51. The van der Waals surface area contributed by atoms with Gasteiger partial charge in [0.2, 0.25) is 0 Å². The molecule has 1 atom stereocenters. The molecule has 2 N–H and O–H groups in total. The first-order valence-corrected chi connectivity index (χ1v) is 7.68. The Bertz CT molecular complexity index is 861. The Morgan fingerprint density at radius 1 is 1.28 bits per heavy atom. The molecule has 6 nitrogen and oxygen atoms in total. The third kappa shape index (κ3) is 3.89. The van der Waals surface area contributed by atoms with Crippen LogP contribution in [0.15, 0.2) is 61.1 Å². The normalized spacial score (nSPS) is 13.2. The highest BCUT2D eigenvalue weighted by molar-refractivity contribution is 5.92. The minimum Gasteiger partial charge on any atom is -0.384 e. The van der Waals surface area contributed by atoms with Gasteiger partial charge in [-0.2, -0.15) is 5.10 Å². The monoisotopic (exact) mass is 340 g/mol. The summed E-state index contributed by atoms with van der Waals surface area (Å²) in [4.78, 5) is 16.4. The van der Waals surface area contributed by atoms with Crippen molar-refractivity contribution in [3.63, 3.8) is 0 Å². The SMILES string of the molecule is CC(O)(CNC(=O)c1cc(-n2cccn2)ccn1)c1ccc(F)cc1. The van der Waals surface area contributed by atoms with Crippen molar-refractivity contribution >= 4 is 5.91 Å². The van der Waals surface area contributed by atoms with Crippen LogP contribution in [0.5, 0.6) is 0 Å². The predicted octanol–water partition coefficient (Wildman–Crippen LogP) is 2.04. The minimum absolute atomic E-state index is 0.0366. The van der Waals surface area contributed by atoms with E-state index >= 15 is 0 Å². The van der Waals surface area contributed by atoms with Crippen molar-refractivity contribution in [1.82, 2.24) is 20.1 Å². The van der Waals surface area contributed by atoms with E-state index in [0.29, 0.717) is 11.3 Å². The molecule has 25 heavy (non-hydrogen) atoms.